The van der Waals surface area contributed by atoms with Crippen LogP contribution in [0, 0.1) is 5.92 Å². The maximum atomic E-state index is 6.45. The van der Waals surface area contributed by atoms with Crippen LogP contribution in [0.1, 0.15) is 51.5 Å². The molecule has 0 radical (unpaired) electrons. The van der Waals surface area contributed by atoms with Crippen molar-refractivity contribution in [2.24, 2.45) is 27.4 Å². The van der Waals surface area contributed by atoms with Crippen LogP contribution < -0.4 is 26.4 Å². The van der Waals surface area contributed by atoms with Gasteiger partial charge in [0.2, 0.25) is 0 Å². The second-order valence-corrected chi connectivity index (χ2v) is 12.4. The van der Waals surface area contributed by atoms with E-state index in [4.69, 9.17) is 30.9 Å². The molecule has 10 heteroatoms. The third kappa shape index (κ3) is 6.02. The second kappa shape index (κ2) is 12.7. The van der Waals surface area contributed by atoms with Crippen molar-refractivity contribution in [2.45, 2.75) is 64.1 Å². The number of amidine groups is 1. The van der Waals surface area contributed by atoms with E-state index in [1.807, 2.05) is 6.20 Å². The number of hydrogen-bond acceptors (Lipinski definition) is 9. The van der Waals surface area contributed by atoms with E-state index in [0.717, 1.165) is 67.5 Å². The topological polar surface area (TPSA) is 117 Å². The lowest BCUT2D eigenvalue weighted by Crippen LogP contribution is -2.57. The number of nitrogens with two attached hydrogens (primary N) is 2. The largest absolute Gasteiger partial charge is 0.489 e. The minimum atomic E-state index is -0.0163. The van der Waals surface area contributed by atoms with Gasteiger partial charge in [-0.15, -0.1) is 0 Å². The molecule has 1 aromatic carbocycles. The Hall–Kier alpha value is -3.08. The van der Waals surface area contributed by atoms with E-state index in [-0.39, 0.29) is 12.0 Å². The van der Waals surface area contributed by atoms with Gasteiger partial charge < -0.3 is 36.1 Å². The first-order chi connectivity index (χ1) is 20.4. The molecule has 5 aliphatic heterocycles. The number of anilines is 1. The van der Waals surface area contributed by atoms with Crippen LogP contribution in [0.25, 0.3) is 5.57 Å². The Labute approximate surface area is 250 Å². The van der Waals surface area contributed by atoms with Crippen LogP contribution in [-0.2, 0) is 4.74 Å². The molecule has 5 N–H and O–H groups in total. The molecular weight excluding hydrogens is 528 g/mol. The molecule has 5 aliphatic rings. The Bertz CT molecular complexity index is 1260. The number of aliphatic imine (C=N–C) groups is 2. The molecule has 0 saturated carbocycles. The molecule has 42 heavy (non-hydrogen) atoms. The zero-order valence-electron chi connectivity index (χ0n) is 25.5. The number of likely N-dealkylation sites (N-methyl/N-ethyl adjacent to an activating group) is 1. The molecule has 0 spiro atoms. The van der Waals surface area contributed by atoms with Crippen molar-refractivity contribution in [3.05, 3.63) is 41.5 Å². The van der Waals surface area contributed by atoms with Gasteiger partial charge in [0.15, 0.2) is 0 Å². The van der Waals surface area contributed by atoms with Crippen molar-refractivity contribution in [2.75, 3.05) is 64.5 Å². The Morgan fingerprint density at radius 1 is 1.07 bits per heavy atom. The monoisotopic (exact) mass is 576 g/mol. The van der Waals surface area contributed by atoms with Crippen molar-refractivity contribution in [3.63, 3.8) is 0 Å². The first-order valence-electron chi connectivity index (χ1n) is 15.8. The van der Waals surface area contributed by atoms with Crippen LogP contribution in [0.2, 0.25) is 0 Å². The normalized spacial score (nSPS) is 28.5. The summed E-state index contributed by atoms with van der Waals surface area (Å²) in [6, 6.07) is 7.91. The van der Waals surface area contributed by atoms with E-state index < -0.39 is 0 Å². The zero-order chi connectivity index (χ0) is 29.2. The Morgan fingerprint density at radius 3 is 2.62 bits per heavy atom. The van der Waals surface area contributed by atoms with Gasteiger partial charge in [-0.05, 0) is 62.4 Å². The van der Waals surface area contributed by atoms with Gasteiger partial charge in [-0.2, -0.15) is 0 Å². The van der Waals surface area contributed by atoms with E-state index in [1.165, 1.54) is 44.7 Å². The zero-order valence-corrected chi connectivity index (χ0v) is 25.5. The highest BCUT2D eigenvalue weighted by molar-refractivity contribution is 6.41. The number of benzene rings is 1. The van der Waals surface area contributed by atoms with Gasteiger partial charge in [-0.25, -0.2) is 4.99 Å². The van der Waals surface area contributed by atoms with Crippen molar-refractivity contribution in [3.8, 4) is 5.75 Å². The number of rotatable bonds is 6. The molecule has 1 aromatic rings. The summed E-state index contributed by atoms with van der Waals surface area (Å²) in [7, 11) is 2.22. The molecule has 0 aromatic heterocycles. The summed E-state index contributed by atoms with van der Waals surface area (Å²) < 4.78 is 11.9. The molecule has 5 heterocycles. The summed E-state index contributed by atoms with van der Waals surface area (Å²) in [5.41, 5.74) is 17.9. The van der Waals surface area contributed by atoms with Gasteiger partial charge >= 0.3 is 0 Å². The lowest BCUT2D eigenvalue weighted by molar-refractivity contribution is 0.0822. The molecular formula is C32H48N8O2. The summed E-state index contributed by atoms with van der Waals surface area (Å²) >= 11 is 0. The van der Waals surface area contributed by atoms with Gasteiger partial charge in [0.05, 0.1) is 29.2 Å². The van der Waals surface area contributed by atoms with Crippen molar-refractivity contribution in [1.82, 2.24) is 15.1 Å². The fraction of sp³-hybridized carbons (Fsp3) is 0.625. The van der Waals surface area contributed by atoms with E-state index in [2.05, 4.69) is 59.1 Å². The maximum Gasteiger partial charge on any atom is 0.143 e. The summed E-state index contributed by atoms with van der Waals surface area (Å²) in [6.07, 6.45) is 6.84. The Morgan fingerprint density at radius 2 is 1.86 bits per heavy atom. The third-order valence-corrected chi connectivity index (χ3v) is 9.71. The van der Waals surface area contributed by atoms with Gasteiger partial charge in [0, 0.05) is 64.1 Å². The van der Waals surface area contributed by atoms with Crippen LogP contribution in [0.5, 0.6) is 5.75 Å². The quantitative estimate of drug-likeness (QED) is 0.350. The van der Waals surface area contributed by atoms with Crippen LogP contribution in [-0.4, -0.2) is 99.1 Å². The average Bonchev–Trinajstić information content (AvgIpc) is 3.01. The highest BCUT2D eigenvalue weighted by atomic mass is 16.5. The first kappa shape index (κ1) is 29.0. The van der Waals surface area contributed by atoms with Gasteiger partial charge in [-0.3, -0.25) is 9.89 Å². The molecule has 6 rings (SSSR count). The number of fused-ring (bicyclic) bond motifs is 3. The number of hydrogen-bond donors (Lipinski definition) is 3. The van der Waals surface area contributed by atoms with Crippen LogP contribution in [0.4, 0.5) is 5.69 Å². The van der Waals surface area contributed by atoms with E-state index in [1.54, 1.807) is 0 Å². The molecule has 3 saturated heterocycles. The SMILES string of the molecule is CCC(=NC1=C(N)NC=C(c2ccc3c(c2)OCC2CC(N4CCN(C)CC4)CCN32)C1C)C(N)=NC1CCOCC1. The molecule has 3 unspecified atom stereocenters. The molecule has 3 fully saturated rings. The second-order valence-electron chi connectivity index (χ2n) is 12.4. The Kier molecular flexibility index (Phi) is 8.74. The van der Waals surface area contributed by atoms with Crippen molar-refractivity contribution in [1.29, 1.82) is 0 Å². The van der Waals surface area contributed by atoms with Crippen LogP contribution in [0.15, 0.2) is 45.9 Å². The van der Waals surface area contributed by atoms with E-state index in [0.29, 0.717) is 30.2 Å². The first-order valence-corrected chi connectivity index (χ1v) is 15.8. The van der Waals surface area contributed by atoms with Crippen molar-refractivity contribution >= 4 is 22.8 Å². The molecule has 0 bridgehead atoms. The Balaban J connectivity index is 1.16. The highest BCUT2D eigenvalue weighted by Gasteiger charge is 2.37. The van der Waals surface area contributed by atoms with Gasteiger partial charge in [-0.1, -0.05) is 19.9 Å². The van der Waals surface area contributed by atoms with Gasteiger partial charge in [0.25, 0.3) is 0 Å². The average molecular weight is 577 g/mol. The standard InChI is InChI=1S/C32H48N8O2/c1-4-27(31(33)36-23-8-15-41-16-9-23)37-30-21(2)26(19-35-32(30)34)22-5-6-28-29(17-22)42-20-25-18-24(7-10-40(25)28)39-13-11-38(3)12-14-39/h5-6,17,19,21,23-25,35H,4,7-16,18,20,34H2,1-3H3,(H2,33,36). The number of dihydropyridines is 1. The molecule has 10 nitrogen and oxygen atoms in total. The predicted molar refractivity (Wildman–Crippen MR) is 170 cm³/mol. The fourth-order valence-electron chi connectivity index (χ4n) is 7.03. The molecule has 228 valence electrons. The van der Waals surface area contributed by atoms with Crippen LogP contribution >= 0.6 is 0 Å². The summed E-state index contributed by atoms with van der Waals surface area (Å²) in [4.78, 5) is 17.5. The smallest absolute Gasteiger partial charge is 0.143 e. The minimum absolute atomic E-state index is 0.0163. The molecule has 0 aliphatic carbocycles. The lowest BCUT2D eigenvalue weighted by atomic mass is 9.89. The number of nitrogens with zero attached hydrogens (tertiary/aromatic N) is 5. The summed E-state index contributed by atoms with van der Waals surface area (Å²) in [6.45, 7) is 12.2. The summed E-state index contributed by atoms with van der Waals surface area (Å²) in [5, 5.41) is 3.26. The fourth-order valence-corrected chi connectivity index (χ4v) is 7.03. The number of nitrogens with one attached hydrogen (secondary N) is 1. The van der Waals surface area contributed by atoms with Crippen molar-refractivity contribution < 1.29 is 9.47 Å². The molecule has 0 amide bonds. The maximum absolute atomic E-state index is 6.45. The molecule has 3 atom stereocenters. The van der Waals surface area contributed by atoms with Gasteiger partial charge in [0.1, 0.15) is 24.0 Å². The number of allylic oxidation sites excluding steroid dienone is 1. The lowest BCUT2D eigenvalue weighted by Gasteiger charge is -2.48. The highest BCUT2D eigenvalue weighted by Crippen LogP contribution is 2.42. The predicted octanol–water partition coefficient (Wildman–Crippen LogP) is 2.76. The van der Waals surface area contributed by atoms with E-state index in [9.17, 15) is 0 Å². The summed E-state index contributed by atoms with van der Waals surface area (Å²) in [5.74, 6) is 2.00. The van der Waals surface area contributed by atoms with Crippen LogP contribution in [0.3, 0.4) is 0 Å². The van der Waals surface area contributed by atoms with E-state index >= 15 is 0 Å². The number of ether oxygens (including phenoxy) is 2. The number of piperazine rings is 1. The third-order valence-electron chi connectivity index (χ3n) is 9.71. The minimum Gasteiger partial charge on any atom is -0.489 e. The number of piperidine rings is 1.